The van der Waals surface area contributed by atoms with E-state index in [-0.39, 0.29) is 58.9 Å². The molecule has 6 N–H and O–H groups in total. The number of rotatable bonds is 13. The van der Waals surface area contributed by atoms with E-state index in [0.29, 0.717) is 12.8 Å². The minimum Gasteiger partial charge on any atom is -0.487 e. The van der Waals surface area contributed by atoms with Gasteiger partial charge in [0.2, 0.25) is 0 Å². The van der Waals surface area contributed by atoms with E-state index in [4.69, 9.17) is 31.8 Å². The molecule has 0 radical (unpaired) electrons. The maximum atomic E-state index is 11.2. The van der Waals surface area contributed by atoms with Crippen LogP contribution in [0.15, 0.2) is 36.4 Å². The number of ether oxygens (including phenoxy) is 2. The number of amidine groups is 2. The molecule has 0 saturated carbocycles. The maximum Gasteiger partial charge on any atom is 0.311 e. The highest BCUT2D eigenvalue weighted by molar-refractivity contribution is 5.96. The second-order valence-electron chi connectivity index (χ2n) is 6.82. The molecule has 0 atom stereocenters. The Morgan fingerprint density at radius 2 is 1.12 bits per heavy atom. The second-order valence-corrected chi connectivity index (χ2v) is 6.82. The number of nitrogens with two attached hydrogens (primary N) is 2. The van der Waals surface area contributed by atoms with E-state index in [1.165, 1.54) is 36.4 Å². The van der Waals surface area contributed by atoms with Crippen LogP contribution in [0, 0.1) is 31.0 Å². The molecule has 0 amide bonds. The van der Waals surface area contributed by atoms with Crippen molar-refractivity contribution in [2.45, 2.75) is 25.7 Å². The first-order valence-corrected chi connectivity index (χ1v) is 9.72. The molecule has 12 nitrogen and oxygen atoms in total. The van der Waals surface area contributed by atoms with E-state index in [1.54, 1.807) is 0 Å². The molecule has 0 spiro atoms. The fraction of sp³-hybridized carbons (Fsp3) is 0.300. The molecule has 2 rings (SSSR count). The van der Waals surface area contributed by atoms with E-state index >= 15 is 0 Å². The lowest BCUT2D eigenvalue weighted by molar-refractivity contribution is -0.386. The molecule has 0 aliphatic heterocycles. The second kappa shape index (κ2) is 11.2. The summed E-state index contributed by atoms with van der Waals surface area (Å²) in [5.74, 6) is -0.293. The van der Waals surface area contributed by atoms with Crippen LogP contribution in [0.4, 0.5) is 11.4 Å². The van der Waals surface area contributed by atoms with Crippen LogP contribution in [0.3, 0.4) is 0 Å². The Kier molecular flexibility index (Phi) is 8.45. The van der Waals surface area contributed by atoms with Crippen LogP contribution in [0.25, 0.3) is 0 Å². The summed E-state index contributed by atoms with van der Waals surface area (Å²) in [5.41, 5.74) is 10.7. The third-order valence-corrected chi connectivity index (χ3v) is 4.49. The van der Waals surface area contributed by atoms with Gasteiger partial charge in [0.25, 0.3) is 0 Å². The van der Waals surface area contributed by atoms with Crippen molar-refractivity contribution in [1.29, 1.82) is 10.8 Å². The summed E-state index contributed by atoms with van der Waals surface area (Å²) in [6.07, 6.45) is 2.85. The van der Waals surface area contributed by atoms with Gasteiger partial charge in [0.15, 0.2) is 11.5 Å². The molecule has 0 fully saturated rings. The van der Waals surface area contributed by atoms with Gasteiger partial charge < -0.3 is 20.9 Å². The SMILES string of the molecule is N=C(N)c1ccc(OCCCCCCOc2ccc(C(=N)N)cc2[N+](=O)[O-])c([N+](=O)[O-])c1. The summed E-state index contributed by atoms with van der Waals surface area (Å²) >= 11 is 0. The van der Waals surface area contributed by atoms with Crippen LogP contribution in [0.1, 0.15) is 36.8 Å². The fourth-order valence-corrected chi connectivity index (χ4v) is 2.82. The number of nitrogen functional groups attached to an aromatic ring is 2. The maximum absolute atomic E-state index is 11.2. The van der Waals surface area contributed by atoms with Crippen molar-refractivity contribution in [3.63, 3.8) is 0 Å². The Balaban J connectivity index is 1.75. The summed E-state index contributed by atoms with van der Waals surface area (Å²) in [6.45, 7) is 0.554. The predicted octanol–water partition coefficient (Wildman–Crippen LogP) is 3.09. The van der Waals surface area contributed by atoms with Crippen molar-refractivity contribution in [3.05, 3.63) is 67.8 Å². The lowest BCUT2D eigenvalue weighted by Crippen LogP contribution is -2.11. The number of benzene rings is 2. The minimum absolute atomic E-state index is 0.115. The van der Waals surface area contributed by atoms with Crippen molar-refractivity contribution in [1.82, 2.24) is 0 Å². The van der Waals surface area contributed by atoms with Crippen LogP contribution >= 0.6 is 0 Å². The van der Waals surface area contributed by atoms with Gasteiger partial charge in [-0.25, -0.2) is 0 Å². The summed E-state index contributed by atoms with van der Waals surface area (Å²) in [6, 6.07) is 8.24. The Bertz CT molecular complexity index is 944. The summed E-state index contributed by atoms with van der Waals surface area (Å²) in [5, 5.41) is 37.1. The van der Waals surface area contributed by atoms with Gasteiger partial charge in [-0.3, -0.25) is 31.0 Å². The van der Waals surface area contributed by atoms with Crippen LogP contribution in [0.2, 0.25) is 0 Å². The smallest absolute Gasteiger partial charge is 0.311 e. The summed E-state index contributed by atoms with van der Waals surface area (Å²) in [4.78, 5) is 21.2. The molecular formula is C20H24N6O6. The van der Waals surface area contributed by atoms with Crippen molar-refractivity contribution in [2.24, 2.45) is 11.5 Å². The number of nitro groups is 2. The lowest BCUT2D eigenvalue weighted by Gasteiger charge is -2.09. The molecule has 0 unspecified atom stereocenters. The first kappa shape index (κ1) is 24.1. The molecule has 0 aliphatic rings. The zero-order valence-corrected chi connectivity index (χ0v) is 17.2. The standard InChI is InChI=1S/C20H24N6O6/c21-19(22)13-5-7-17(15(11-13)25(27)28)31-9-3-1-2-4-10-32-18-8-6-14(20(23)24)12-16(18)26(29)30/h5-8,11-12H,1-4,9-10H2,(H3,21,22)(H3,23,24). The van der Waals surface area contributed by atoms with Gasteiger partial charge >= 0.3 is 11.4 Å². The van der Waals surface area contributed by atoms with Crippen LogP contribution in [0.5, 0.6) is 11.5 Å². The quantitative estimate of drug-likeness (QED) is 0.118. The number of nitrogens with zero attached hydrogens (tertiary/aromatic N) is 2. The highest BCUT2D eigenvalue weighted by Gasteiger charge is 2.18. The molecule has 32 heavy (non-hydrogen) atoms. The Hall–Kier alpha value is -4.22. The van der Waals surface area contributed by atoms with Crippen molar-refractivity contribution in [2.75, 3.05) is 13.2 Å². The molecule has 2 aromatic carbocycles. The molecule has 0 heterocycles. The van der Waals surface area contributed by atoms with Crippen LogP contribution in [-0.4, -0.2) is 34.7 Å². The van der Waals surface area contributed by atoms with Gasteiger partial charge in [0.1, 0.15) is 11.7 Å². The number of unbranched alkanes of at least 4 members (excludes halogenated alkanes) is 3. The monoisotopic (exact) mass is 444 g/mol. The first-order valence-electron chi connectivity index (χ1n) is 9.72. The van der Waals surface area contributed by atoms with E-state index in [1.807, 2.05) is 0 Å². The molecule has 0 bridgehead atoms. The average molecular weight is 444 g/mol. The van der Waals surface area contributed by atoms with E-state index < -0.39 is 9.85 Å². The molecule has 0 aromatic heterocycles. The van der Waals surface area contributed by atoms with E-state index in [9.17, 15) is 20.2 Å². The lowest BCUT2D eigenvalue weighted by atomic mass is 10.1. The zero-order valence-electron chi connectivity index (χ0n) is 17.2. The Morgan fingerprint density at radius 3 is 1.44 bits per heavy atom. The van der Waals surface area contributed by atoms with Crippen molar-refractivity contribution < 1.29 is 19.3 Å². The minimum atomic E-state index is -0.582. The first-order chi connectivity index (χ1) is 15.2. The van der Waals surface area contributed by atoms with Crippen molar-refractivity contribution in [3.8, 4) is 11.5 Å². The molecule has 170 valence electrons. The van der Waals surface area contributed by atoms with Gasteiger partial charge in [-0.2, -0.15) is 0 Å². The average Bonchev–Trinajstić information content (AvgIpc) is 2.75. The molecule has 2 aromatic rings. The summed E-state index contributed by atoms with van der Waals surface area (Å²) < 4.78 is 11.0. The number of nitrogens with one attached hydrogen (secondary N) is 2. The molecular weight excluding hydrogens is 420 g/mol. The summed E-state index contributed by atoms with van der Waals surface area (Å²) in [7, 11) is 0. The van der Waals surface area contributed by atoms with Gasteiger partial charge in [-0.05, 0) is 49.9 Å². The third kappa shape index (κ3) is 6.65. The Morgan fingerprint density at radius 1 is 0.750 bits per heavy atom. The number of hydrogen-bond donors (Lipinski definition) is 4. The molecule has 12 heteroatoms. The van der Waals surface area contributed by atoms with Crippen molar-refractivity contribution >= 4 is 23.0 Å². The Labute approximate surface area is 183 Å². The van der Waals surface area contributed by atoms with Gasteiger partial charge in [0, 0.05) is 23.3 Å². The van der Waals surface area contributed by atoms with Gasteiger partial charge in [-0.15, -0.1) is 0 Å². The van der Waals surface area contributed by atoms with Gasteiger partial charge in [0.05, 0.1) is 23.1 Å². The van der Waals surface area contributed by atoms with Gasteiger partial charge in [-0.1, -0.05) is 0 Å². The number of nitro benzene ring substituents is 2. The predicted molar refractivity (Wildman–Crippen MR) is 118 cm³/mol. The zero-order chi connectivity index (χ0) is 23.7. The molecule has 0 saturated heterocycles. The highest BCUT2D eigenvalue weighted by atomic mass is 16.6. The van der Waals surface area contributed by atoms with E-state index in [0.717, 1.165) is 12.8 Å². The van der Waals surface area contributed by atoms with Crippen LogP contribution < -0.4 is 20.9 Å². The fourth-order valence-electron chi connectivity index (χ4n) is 2.82. The largest absolute Gasteiger partial charge is 0.487 e. The van der Waals surface area contributed by atoms with Crippen LogP contribution in [-0.2, 0) is 0 Å². The highest BCUT2D eigenvalue weighted by Crippen LogP contribution is 2.29. The topological polar surface area (TPSA) is 204 Å². The number of hydrogen-bond acceptors (Lipinski definition) is 8. The third-order valence-electron chi connectivity index (χ3n) is 4.49. The van der Waals surface area contributed by atoms with E-state index in [2.05, 4.69) is 0 Å². The normalized spacial score (nSPS) is 10.4. The molecule has 0 aliphatic carbocycles.